The van der Waals surface area contributed by atoms with Crippen LogP contribution in [0.2, 0.25) is 0 Å². The van der Waals surface area contributed by atoms with E-state index in [1.807, 2.05) is 0 Å². The van der Waals surface area contributed by atoms with Crippen molar-refractivity contribution in [2.45, 2.75) is 5.03 Å². The van der Waals surface area contributed by atoms with Gasteiger partial charge in [0.15, 0.2) is 11.5 Å². The van der Waals surface area contributed by atoms with Crippen molar-refractivity contribution in [3.8, 4) is 0 Å². The van der Waals surface area contributed by atoms with Crippen molar-refractivity contribution in [3.63, 3.8) is 0 Å². The number of nitrogens with zero attached hydrogens (tertiary/aromatic N) is 5. The fourth-order valence-electron chi connectivity index (χ4n) is 1.73. The molecule has 0 fully saturated rings. The zero-order valence-corrected chi connectivity index (χ0v) is 11.5. The molecule has 0 saturated carbocycles. The number of carbonyl (C=O) groups excluding carboxylic acids is 1. The lowest BCUT2D eigenvalue weighted by Gasteiger charge is -2.01. The predicted molar refractivity (Wildman–Crippen MR) is 77.2 cm³/mol. The highest BCUT2D eigenvalue weighted by atomic mass is 32.2. The minimum Gasteiger partial charge on any atom is -0.381 e. The van der Waals surface area contributed by atoms with Gasteiger partial charge in [-0.05, 0) is 12.1 Å². The van der Waals surface area contributed by atoms with Crippen LogP contribution in [0.25, 0.3) is 5.65 Å². The molecule has 0 aliphatic carbocycles. The van der Waals surface area contributed by atoms with E-state index in [2.05, 4.69) is 15.1 Å². The van der Waals surface area contributed by atoms with Gasteiger partial charge in [0.05, 0.1) is 5.75 Å². The molecular formula is C12H10N6O2S. The van der Waals surface area contributed by atoms with Gasteiger partial charge < -0.3 is 5.73 Å². The van der Waals surface area contributed by atoms with Crippen molar-refractivity contribution in [1.82, 2.24) is 24.1 Å². The van der Waals surface area contributed by atoms with Crippen molar-refractivity contribution in [3.05, 3.63) is 47.3 Å². The zero-order valence-electron chi connectivity index (χ0n) is 10.7. The van der Waals surface area contributed by atoms with Gasteiger partial charge in [0.25, 0.3) is 5.91 Å². The third-order valence-electron chi connectivity index (χ3n) is 2.69. The minimum absolute atomic E-state index is 0.00726. The van der Waals surface area contributed by atoms with Crippen LogP contribution in [0, 0.1) is 0 Å². The van der Waals surface area contributed by atoms with E-state index in [-0.39, 0.29) is 11.6 Å². The van der Waals surface area contributed by atoms with E-state index in [0.717, 1.165) is 16.4 Å². The standard InChI is InChI=1S/C12H10N6O2S/c13-10-11(15-5-4-14-10)21-7-9(19)18-12(20)17-6-2-1-3-8(17)16-18/h1-6H,7H2,(H2,13,14). The van der Waals surface area contributed by atoms with E-state index in [9.17, 15) is 9.59 Å². The zero-order chi connectivity index (χ0) is 14.8. The van der Waals surface area contributed by atoms with Crippen molar-refractivity contribution >= 4 is 29.1 Å². The summed E-state index contributed by atoms with van der Waals surface area (Å²) in [6, 6.07) is 5.09. The summed E-state index contributed by atoms with van der Waals surface area (Å²) in [6.07, 6.45) is 4.51. The number of nitrogens with two attached hydrogens (primary N) is 1. The van der Waals surface area contributed by atoms with Gasteiger partial charge in [0, 0.05) is 18.6 Å². The average molecular weight is 302 g/mol. The highest BCUT2D eigenvalue weighted by Crippen LogP contribution is 2.19. The topological polar surface area (TPSA) is 108 Å². The highest BCUT2D eigenvalue weighted by molar-refractivity contribution is 8.00. The third-order valence-corrected chi connectivity index (χ3v) is 3.67. The summed E-state index contributed by atoms with van der Waals surface area (Å²) >= 11 is 1.11. The van der Waals surface area contributed by atoms with E-state index in [1.54, 1.807) is 24.4 Å². The fourth-order valence-corrected chi connectivity index (χ4v) is 2.44. The largest absolute Gasteiger partial charge is 0.381 e. The molecule has 0 aliphatic rings. The van der Waals surface area contributed by atoms with Gasteiger partial charge in [0.1, 0.15) is 5.03 Å². The number of nitrogen functional groups attached to an aromatic ring is 1. The molecule has 21 heavy (non-hydrogen) atoms. The molecule has 0 radical (unpaired) electrons. The van der Waals surface area contributed by atoms with Gasteiger partial charge >= 0.3 is 5.69 Å². The lowest BCUT2D eigenvalue weighted by molar-refractivity contribution is 0.0922. The Morgan fingerprint density at radius 2 is 2.10 bits per heavy atom. The summed E-state index contributed by atoms with van der Waals surface area (Å²) < 4.78 is 2.15. The molecule has 0 spiro atoms. The van der Waals surface area contributed by atoms with Crippen LogP contribution in [-0.2, 0) is 0 Å². The number of aromatic nitrogens is 5. The summed E-state index contributed by atoms with van der Waals surface area (Å²) in [5, 5.41) is 4.43. The molecule has 8 nitrogen and oxygen atoms in total. The van der Waals surface area contributed by atoms with Gasteiger partial charge in [-0.3, -0.25) is 4.79 Å². The first-order valence-corrected chi connectivity index (χ1v) is 6.94. The first kappa shape index (κ1) is 13.3. The molecule has 3 aromatic rings. The molecule has 0 bridgehead atoms. The number of thioether (sulfide) groups is 1. The third kappa shape index (κ3) is 2.50. The van der Waals surface area contributed by atoms with E-state index >= 15 is 0 Å². The molecule has 0 amide bonds. The minimum atomic E-state index is -0.497. The lowest BCUT2D eigenvalue weighted by Crippen LogP contribution is -2.28. The summed E-state index contributed by atoms with van der Waals surface area (Å²) in [5.41, 5.74) is 5.56. The van der Waals surface area contributed by atoms with Gasteiger partial charge in [-0.1, -0.05) is 17.8 Å². The Kier molecular flexibility index (Phi) is 3.40. The normalized spacial score (nSPS) is 10.9. The Morgan fingerprint density at radius 1 is 1.29 bits per heavy atom. The highest BCUT2D eigenvalue weighted by Gasteiger charge is 2.15. The number of pyridine rings is 1. The smallest absolute Gasteiger partial charge is 0.357 e. The maximum absolute atomic E-state index is 12.1. The van der Waals surface area contributed by atoms with E-state index < -0.39 is 11.6 Å². The summed E-state index contributed by atoms with van der Waals surface area (Å²) in [6.45, 7) is 0. The molecule has 2 N–H and O–H groups in total. The van der Waals surface area contributed by atoms with Crippen LogP contribution >= 0.6 is 11.8 Å². The van der Waals surface area contributed by atoms with Crippen molar-refractivity contribution in [2.75, 3.05) is 11.5 Å². The van der Waals surface area contributed by atoms with Crippen molar-refractivity contribution in [2.24, 2.45) is 0 Å². The number of hydrogen-bond acceptors (Lipinski definition) is 7. The Hall–Kier alpha value is -2.68. The van der Waals surface area contributed by atoms with Crippen molar-refractivity contribution in [1.29, 1.82) is 0 Å². The van der Waals surface area contributed by atoms with Gasteiger partial charge in [-0.2, -0.15) is 0 Å². The SMILES string of the molecule is Nc1nccnc1SCC(=O)n1nc2ccccn2c1=O. The molecule has 0 atom stereocenters. The van der Waals surface area contributed by atoms with Crippen LogP contribution < -0.4 is 11.4 Å². The van der Waals surface area contributed by atoms with E-state index in [0.29, 0.717) is 10.7 Å². The van der Waals surface area contributed by atoms with E-state index in [1.165, 1.54) is 16.8 Å². The van der Waals surface area contributed by atoms with Gasteiger partial charge in [-0.25, -0.2) is 19.2 Å². The molecule has 9 heteroatoms. The molecule has 0 saturated heterocycles. The number of rotatable bonds is 3. The van der Waals surface area contributed by atoms with Crippen LogP contribution in [0.3, 0.4) is 0 Å². The molecule has 0 unspecified atom stereocenters. The number of fused-ring (bicyclic) bond motifs is 1. The molecule has 3 heterocycles. The quantitative estimate of drug-likeness (QED) is 0.693. The second-order valence-electron chi connectivity index (χ2n) is 4.05. The van der Waals surface area contributed by atoms with Crippen LogP contribution in [-0.4, -0.2) is 35.8 Å². The maximum Gasteiger partial charge on any atom is 0.357 e. The first-order chi connectivity index (χ1) is 10.2. The molecular weight excluding hydrogens is 292 g/mol. The van der Waals surface area contributed by atoms with Crippen LogP contribution in [0.5, 0.6) is 0 Å². The molecule has 0 aliphatic heterocycles. The van der Waals surface area contributed by atoms with Crippen LogP contribution in [0.1, 0.15) is 4.79 Å². The Bertz CT molecular complexity index is 871. The lowest BCUT2D eigenvalue weighted by atomic mass is 10.5. The Labute approximate surface area is 122 Å². The maximum atomic E-state index is 12.1. The Balaban J connectivity index is 1.83. The number of hydrogen-bond donors (Lipinski definition) is 1. The second kappa shape index (κ2) is 5.37. The fraction of sp³-hybridized carbons (Fsp3) is 0.0833. The monoisotopic (exact) mass is 302 g/mol. The second-order valence-corrected chi connectivity index (χ2v) is 5.02. The average Bonchev–Trinajstić information content (AvgIpc) is 2.84. The summed E-state index contributed by atoms with van der Waals surface area (Å²) in [7, 11) is 0. The number of anilines is 1. The van der Waals surface area contributed by atoms with Gasteiger partial charge in [0.2, 0.25) is 0 Å². The van der Waals surface area contributed by atoms with Crippen LogP contribution in [0.4, 0.5) is 5.82 Å². The molecule has 0 aromatic carbocycles. The predicted octanol–water partition coefficient (Wildman–Crippen LogP) is 0.301. The van der Waals surface area contributed by atoms with E-state index in [4.69, 9.17) is 5.73 Å². The first-order valence-electron chi connectivity index (χ1n) is 5.96. The molecule has 106 valence electrons. The molecule has 3 rings (SSSR count). The van der Waals surface area contributed by atoms with Crippen LogP contribution in [0.15, 0.2) is 46.6 Å². The van der Waals surface area contributed by atoms with Crippen molar-refractivity contribution < 1.29 is 4.79 Å². The summed E-state index contributed by atoms with van der Waals surface area (Å²) in [5.74, 6) is -0.205. The number of carbonyl (C=O) groups is 1. The summed E-state index contributed by atoms with van der Waals surface area (Å²) in [4.78, 5) is 32.0. The van der Waals surface area contributed by atoms with Gasteiger partial charge in [-0.15, -0.1) is 9.78 Å². The molecule has 3 aromatic heterocycles. The Morgan fingerprint density at radius 3 is 2.86 bits per heavy atom.